The van der Waals surface area contributed by atoms with Crippen LogP contribution in [-0.2, 0) is 11.2 Å². The number of esters is 1. The molecule has 6 heteroatoms. The van der Waals surface area contributed by atoms with Crippen LogP contribution in [-0.4, -0.2) is 23.3 Å². The molecule has 1 N–H and O–H groups in total. The first-order chi connectivity index (χ1) is 12.5. The summed E-state index contributed by atoms with van der Waals surface area (Å²) in [4.78, 5) is 28.1. The van der Waals surface area contributed by atoms with Crippen LogP contribution in [0.15, 0.2) is 42.5 Å². The van der Waals surface area contributed by atoms with E-state index < -0.39 is 5.97 Å². The first-order valence-corrected chi connectivity index (χ1v) is 9.01. The summed E-state index contributed by atoms with van der Waals surface area (Å²) in [6, 6.07) is 12.5. The Balaban J connectivity index is 1.93. The summed E-state index contributed by atoms with van der Waals surface area (Å²) in [6.45, 7) is 1.95. The molecule has 0 saturated carbocycles. The lowest BCUT2D eigenvalue weighted by molar-refractivity contribution is 0.0517. The number of aryl methyl sites for hydroxylation is 1. The van der Waals surface area contributed by atoms with Crippen LogP contribution in [0.1, 0.15) is 39.8 Å². The maximum atomic E-state index is 12.9. The number of rotatable bonds is 6. The minimum atomic E-state index is -0.547. The summed E-state index contributed by atoms with van der Waals surface area (Å²) < 4.78 is 5.08. The number of ketones is 1. The molecule has 0 radical (unpaired) electrons. The lowest BCUT2D eigenvalue weighted by atomic mass is 10.00. The summed E-state index contributed by atoms with van der Waals surface area (Å²) in [7, 11) is 0. The quantitative estimate of drug-likeness (QED) is 0.449. The van der Waals surface area contributed by atoms with Crippen LogP contribution < -0.4 is 0 Å². The fourth-order valence-electron chi connectivity index (χ4n) is 2.85. The van der Waals surface area contributed by atoms with Gasteiger partial charge in [0, 0.05) is 27.4 Å². The van der Waals surface area contributed by atoms with Gasteiger partial charge in [0.2, 0.25) is 0 Å². The summed E-state index contributed by atoms with van der Waals surface area (Å²) >= 11 is 11.9. The van der Waals surface area contributed by atoms with E-state index in [1.165, 1.54) is 0 Å². The Labute approximate surface area is 161 Å². The van der Waals surface area contributed by atoms with Gasteiger partial charge >= 0.3 is 5.97 Å². The summed E-state index contributed by atoms with van der Waals surface area (Å²) in [6.07, 6.45) is 0.822. The van der Waals surface area contributed by atoms with Crippen molar-refractivity contribution in [3.05, 3.63) is 69.3 Å². The molecule has 0 aliphatic heterocycles. The minimum absolute atomic E-state index is 0.128. The molecule has 1 aromatic heterocycles. The van der Waals surface area contributed by atoms with Gasteiger partial charge in [0.25, 0.3) is 0 Å². The average Bonchev–Trinajstić information content (AvgIpc) is 3.00. The normalized spacial score (nSPS) is 10.9. The van der Waals surface area contributed by atoms with Gasteiger partial charge in [-0.3, -0.25) is 4.79 Å². The third-order valence-corrected chi connectivity index (χ3v) is 4.56. The Morgan fingerprint density at radius 2 is 1.73 bits per heavy atom. The predicted octanol–water partition coefficient (Wildman–Crippen LogP) is 5.47. The van der Waals surface area contributed by atoms with Crippen LogP contribution in [0.25, 0.3) is 10.9 Å². The van der Waals surface area contributed by atoms with E-state index in [4.69, 9.17) is 27.9 Å². The molecule has 0 amide bonds. The number of hydrogen-bond donors (Lipinski definition) is 1. The Morgan fingerprint density at radius 3 is 2.42 bits per heavy atom. The van der Waals surface area contributed by atoms with Crippen molar-refractivity contribution in [3.63, 3.8) is 0 Å². The zero-order chi connectivity index (χ0) is 18.7. The van der Waals surface area contributed by atoms with Crippen LogP contribution >= 0.6 is 23.2 Å². The second-order valence-corrected chi connectivity index (χ2v) is 6.71. The van der Waals surface area contributed by atoms with Crippen LogP contribution in [0.4, 0.5) is 0 Å². The van der Waals surface area contributed by atoms with E-state index in [1.54, 1.807) is 37.3 Å². The van der Waals surface area contributed by atoms with E-state index in [1.807, 2.05) is 12.1 Å². The molecule has 0 unspecified atom stereocenters. The number of carbonyl (C=O) groups is 2. The molecule has 2 aromatic carbocycles. The van der Waals surface area contributed by atoms with Crippen LogP contribution in [0.2, 0.25) is 10.0 Å². The second-order valence-electron chi connectivity index (χ2n) is 5.84. The topological polar surface area (TPSA) is 59.2 Å². The van der Waals surface area contributed by atoms with Crippen molar-refractivity contribution in [2.45, 2.75) is 19.8 Å². The molecule has 0 aliphatic carbocycles. The second kappa shape index (κ2) is 7.94. The maximum absolute atomic E-state index is 12.9. The molecule has 0 atom stereocenters. The molecular formula is C20H17Cl2NO3. The lowest BCUT2D eigenvalue weighted by Gasteiger charge is -2.05. The first kappa shape index (κ1) is 18.5. The van der Waals surface area contributed by atoms with Crippen molar-refractivity contribution < 1.29 is 14.3 Å². The van der Waals surface area contributed by atoms with E-state index in [9.17, 15) is 9.59 Å². The first-order valence-electron chi connectivity index (χ1n) is 8.25. The monoisotopic (exact) mass is 389 g/mol. The standard InChI is InChI=1S/C20H17Cl2NO3/c1-2-26-20(25)19-18(15-9-8-14(22)11-16(15)23-19)17(24)10-5-12-3-6-13(21)7-4-12/h3-4,6-9,11,23H,2,5,10H2,1H3. The lowest BCUT2D eigenvalue weighted by Crippen LogP contribution is -2.11. The Bertz CT molecular complexity index is 961. The number of nitrogens with one attached hydrogen (secondary N) is 1. The number of aromatic amines is 1. The molecule has 0 spiro atoms. The highest BCUT2D eigenvalue weighted by atomic mass is 35.5. The third kappa shape index (κ3) is 3.92. The molecule has 3 rings (SSSR count). The molecule has 0 aliphatic rings. The van der Waals surface area contributed by atoms with Gasteiger partial charge in [-0.2, -0.15) is 0 Å². The number of carbonyl (C=O) groups excluding carboxylic acids is 2. The fraction of sp³-hybridized carbons (Fsp3) is 0.200. The number of aromatic nitrogens is 1. The summed E-state index contributed by atoms with van der Waals surface area (Å²) in [5, 5.41) is 1.84. The van der Waals surface area contributed by atoms with E-state index >= 15 is 0 Å². The van der Waals surface area contributed by atoms with Gasteiger partial charge in [-0.25, -0.2) is 4.79 Å². The van der Waals surface area contributed by atoms with Crippen molar-refractivity contribution in [2.75, 3.05) is 6.61 Å². The smallest absolute Gasteiger partial charge is 0.355 e. The SMILES string of the molecule is CCOC(=O)c1[nH]c2cc(Cl)ccc2c1C(=O)CCc1ccc(Cl)cc1. The van der Waals surface area contributed by atoms with Crippen molar-refractivity contribution in [3.8, 4) is 0 Å². The number of Topliss-reactive ketones (excluding diaryl/α,β-unsaturated/α-hetero) is 1. The summed E-state index contributed by atoms with van der Waals surface area (Å²) in [5.74, 6) is -0.675. The molecule has 4 nitrogen and oxygen atoms in total. The van der Waals surface area contributed by atoms with Crippen LogP contribution in [0.3, 0.4) is 0 Å². The van der Waals surface area contributed by atoms with Gasteiger partial charge in [-0.05, 0) is 43.2 Å². The fourth-order valence-corrected chi connectivity index (χ4v) is 3.15. The van der Waals surface area contributed by atoms with Gasteiger partial charge in [0.05, 0.1) is 12.2 Å². The molecule has 134 valence electrons. The minimum Gasteiger partial charge on any atom is -0.461 e. The van der Waals surface area contributed by atoms with Gasteiger partial charge in [0.15, 0.2) is 5.78 Å². The summed E-state index contributed by atoms with van der Waals surface area (Å²) in [5.41, 5.74) is 2.16. The highest BCUT2D eigenvalue weighted by Gasteiger charge is 2.24. The highest BCUT2D eigenvalue weighted by molar-refractivity contribution is 6.31. The van der Waals surface area contributed by atoms with Crippen molar-refractivity contribution >= 4 is 45.9 Å². The number of hydrogen-bond acceptors (Lipinski definition) is 3. The van der Waals surface area contributed by atoms with Gasteiger partial charge < -0.3 is 9.72 Å². The molecule has 0 saturated heterocycles. The molecule has 26 heavy (non-hydrogen) atoms. The van der Waals surface area contributed by atoms with Crippen molar-refractivity contribution in [1.29, 1.82) is 0 Å². The van der Waals surface area contributed by atoms with Crippen molar-refractivity contribution in [2.24, 2.45) is 0 Å². The van der Waals surface area contributed by atoms with Crippen molar-refractivity contribution in [1.82, 2.24) is 4.98 Å². The third-order valence-electron chi connectivity index (χ3n) is 4.07. The van der Waals surface area contributed by atoms with Gasteiger partial charge in [0.1, 0.15) is 5.69 Å². The zero-order valence-electron chi connectivity index (χ0n) is 14.1. The van der Waals surface area contributed by atoms with E-state index in [2.05, 4.69) is 4.98 Å². The van der Waals surface area contributed by atoms with Crippen LogP contribution in [0, 0.1) is 0 Å². The molecule has 1 heterocycles. The van der Waals surface area contributed by atoms with E-state index in [0.717, 1.165) is 5.56 Å². The zero-order valence-corrected chi connectivity index (χ0v) is 15.7. The number of fused-ring (bicyclic) bond motifs is 1. The predicted molar refractivity (Wildman–Crippen MR) is 103 cm³/mol. The number of ether oxygens (including phenoxy) is 1. The maximum Gasteiger partial charge on any atom is 0.355 e. The van der Waals surface area contributed by atoms with Crippen LogP contribution in [0.5, 0.6) is 0 Å². The Morgan fingerprint density at radius 1 is 1.04 bits per heavy atom. The number of benzene rings is 2. The van der Waals surface area contributed by atoms with E-state index in [0.29, 0.717) is 32.9 Å². The molecule has 0 bridgehead atoms. The van der Waals surface area contributed by atoms with E-state index in [-0.39, 0.29) is 24.5 Å². The van der Waals surface area contributed by atoms with Gasteiger partial charge in [-0.15, -0.1) is 0 Å². The Hall–Kier alpha value is -2.30. The van der Waals surface area contributed by atoms with Gasteiger partial charge in [-0.1, -0.05) is 41.4 Å². The number of H-pyrrole nitrogens is 1. The largest absolute Gasteiger partial charge is 0.461 e. The Kier molecular flexibility index (Phi) is 5.64. The highest BCUT2D eigenvalue weighted by Crippen LogP contribution is 2.27. The molecular weight excluding hydrogens is 373 g/mol. The number of halogens is 2. The molecule has 0 fully saturated rings. The average molecular weight is 390 g/mol. The molecule has 3 aromatic rings.